The molecule has 6 atom stereocenters. The van der Waals surface area contributed by atoms with Gasteiger partial charge in [-0.05, 0) is 75.0 Å². The summed E-state index contributed by atoms with van der Waals surface area (Å²) in [6.45, 7) is 7.65. The van der Waals surface area contributed by atoms with Gasteiger partial charge in [-0.2, -0.15) is 0 Å². The normalized spacial score (nSPS) is 35.3. The van der Waals surface area contributed by atoms with E-state index in [1.165, 1.54) is 13.3 Å². The third-order valence-corrected chi connectivity index (χ3v) is 6.35. The number of rotatable bonds is 7. The van der Waals surface area contributed by atoms with Gasteiger partial charge in [0.1, 0.15) is 12.2 Å². The van der Waals surface area contributed by atoms with Crippen LogP contribution in [0.1, 0.15) is 46.0 Å². The topological polar surface area (TPSA) is 69.7 Å². The molecule has 3 fully saturated rings. The fourth-order valence-electron chi connectivity index (χ4n) is 5.42. The molecule has 0 aromatic heterocycles. The van der Waals surface area contributed by atoms with Gasteiger partial charge in [0, 0.05) is 5.57 Å². The van der Waals surface area contributed by atoms with E-state index in [1.54, 1.807) is 6.92 Å². The summed E-state index contributed by atoms with van der Waals surface area (Å²) in [5.74, 6) is 2.78. The zero-order chi connectivity index (χ0) is 18.1. The highest BCUT2D eigenvalue weighted by atomic mass is 16.5. The summed E-state index contributed by atoms with van der Waals surface area (Å²) in [5.41, 5.74) is 0.453. The molecule has 0 radical (unpaired) electrons. The summed E-state index contributed by atoms with van der Waals surface area (Å²) in [4.78, 5) is 34.1. The average Bonchev–Trinajstić information content (AvgIpc) is 3.20. The zero-order valence-electron chi connectivity index (χ0n) is 15.2. The monoisotopic (exact) mass is 348 g/mol. The molecule has 138 valence electrons. The molecule has 0 aromatic carbocycles. The molecule has 0 heterocycles. The van der Waals surface area contributed by atoms with E-state index in [0.717, 1.165) is 31.1 Å². The Balaban J connectivity index is 1.47. The number of fused-ring (bicyclic) bond motifs is 5. The summed E-state index contributed by atoms with van der Waals surface area (Å²) in [5, 5.41) is 0. The lowest BCUT2D eigenvalue weighted by Gasteiger charge is -2.31. The Bertz CT molecular complexity index is 581. The maximum atomic E-state index is 11.6. The minimum Gasteiger partial charge on any atom is -0.465 e. The second-order valence-corrected chi connectivity index (χ2v) is 8.26. The van der Waals surface area contributed by atoms with E-state index in [1.807, 2.05) is 0 Å². The van der Waals surface area contributed by atoms with E-state index < -0.39 is 5.97 Å². The van der Waals surface area contributed by atoms with Crippen molar-refractivity contribution in [1.29, 1.82) is 0 Å². The molecule has 0 saturated heterocycles. The van der Waals surface area contributed by atoms with Gasteiger partial charge >= 0.3 is 11.9 Å². The SMILES string of the molecule is C=C(C)C(=O)OCC1CC2CC1C1CC(COC(=O)CC(C)=O)CC21. The fourth-order valence-corrected chi connectivity index (χ4v) is 5.42. The van der Waals surface area contributed by atoms with Crippen molar-refractivity contribution in [2.45, 2.75) is 46.0 Å². The Kier molecular flexibility index (Phi) is 5.30. The standard InChI is InChI=1S/C20H28O5/c1-11(2)20(23)25-10-15-7-14-8-17(15)18-6-13(5-16(14)18)9-24-19(22)4-12(3)21/h13-18H,1,4-10H2,2-3H3. The molecule has 2 bridgehead atoms. The average molecular weight is 348 g/mol. The first-order valence-electron chi connectivity index (χ1n) is 9.32. The third kappa shape index (κ3) is 3.96. The van der Waals surface area contributed by atoms with Crippen molar-refractivity contribution in [2.75, 3.05) is 13.2 Å². The van der Waals surface area contributed by atoms with Crippen molar-refractivity contribution in [3.8, 4) is 0 Å². The van der Waals surface area contributed by atoms with Crippen LogP contribution in [0.4, 0.5) is 0 Å². The highest BCUT2D eigenvalue weighted by Gasteiger charge is 2.56. The van der Waals surface area contributed by atoms with Gasteiger partial charge in [-0.15, -0.1) is 0 Å². The summed E-state index contributed by atoms with van der Waals surface area (Å²) >= 11 is 0. The van der Waals surface area contributed by atoms with E-state index in [0.29, 0.717) is 42.5 Å². The van der Waals surface area contributed by atoms with E-state index in [2.05, 4.69) is 6.58 Å². The minimum absolute atomic E-state index is 0.124. The molecule has 0 aliphatic heterocycles. The lowest BCUT2D eigenvalue weighted by molar-refractivity contribution is -0.147. The van der Waals surface area contributed by atoms with Gasteiger partial charge in [0.25, 0.3) is 0 Å². The second-order valence-electron chi connectivity index (χ2n) is 8.26. The number of carbonyl (C=O) groups excluding carboxylic acids is 3. The van der Waals surface area contributed by atoms with Crippen molar-refractivity contribution in [3.63, 3.8) is 0 Å². The molecule has 3 aliphatic rings. The molecule has 0 amide bonds. The predicted molar refractivity (Wildman–Crippen MR) is 91.4 cm³/mol. The minimum atomic E-state index is -0.405. The van der Waals surface area contributed by atoms with Crippen molar-refractivity contribution >= 4 is 17.7 Å². The van der Waals surface area contributed by atoms with Crippen LogP contribution in [0, 0.1) is 35.5 Å². The molecule has 0 aromatic rings. The van der Waals surface area contributed by atoms with Crippen LogP contribution in [0.2, 0.25) is 0 Å². The van der Waals surface area contributed by atoms with E-state index in [9.17, 15) is 14.4 Å². The van der Waals surface area contributed by atoms with Crippen molar-refractivity contribution in [3.05, 3.63) is 12.2 Å². The van der Waals surface area contributed by atoms with Gasteiger partial charge in [0.15, 0.2) is 0 Å². The van der Waals surface area contributed by atoms with Crippen LogP contribution in [0.15, 0.2) is 12.2 Å². The van der Waals surface area contributed by atoms with Gasteiger partial charge < -0.3 is 9.47 Å². The molecule has 3 saturated carbocycles. The first-order chi connectivity index (χ1) is 11.8. The second kappa shape index (κ2) is 7.30. The molecule has 3 aliphatic carbocycles. The molecular formula is C20H28O5. The molecule has 5 nitrogen and oxygen atoms in total. The predicted octanol–water partition coefficient (Wildman–Crippen LogP) is 2.93. The summed E-state index contributed by atoms with van der Waals surface area (Å²) in [6.07, 6.45) is 4.48. The van der Waals surface area contributed by atoms with E-state index >= 15 is 0 Å². The van der Waals surface area contributed by atoms with Crippen LogP contribution in [-0.2, 0) is 23.9 Å². The number of carbonyl (C=O) groups is 3. The smallest absolute Gasteiger partial charge is 0.333 e. The summed E-state index contributed by atoms with van der Waals surface area (Å²) in [6, 6.07) is 0. The Hall–Kier alpha value is -1.65. The van der Waals surface area contributed by atoms with Crippen LogP contribution >= 0.6 is 0 Å². The van der Waals surface area contributed by atoms with Gasteiger partial charge in [0.05, 0.1) is 13.2 Å². The number of hydrogen-bond donors (Lipinski definition) is 0. The Morgan fingerprint density at radius 1 is 0.920 bits per heavy atom. The van der Waals surface area contributed by atoms with Crippen LogP contribution in [0.5, 0.6) is 0 Å². The summed E-state index contributed by atoms with van der Waals surface area (Å²) in [7, 11) is 0. The Morgan fingerprint density at radius 2 is 1.64 bits per heavy atom. The highest BCUT2D eigenvalue weighted by Crippen LogP contribution is 2.62. The maximum Gasteiger partial charge on any atom is 0.333 e. The third-order valence-electron chi connectivity index (χ3n) is 6.35. The maximum absolute atomic E-state index is 11.6. The number of Topliss-reactive ketones (excluding diaryl/α,β-unsaturated/α-hetero) is 1. The number of ketones is 1. The molecule has 6 unspecified atom stereocenters. The van der Waals surface area contributed by atoms with Gasteiger partial charge in [-0.3, -0.25) is 9.59 Å². The van der Waals surface area contributed by atoms with Gasteiger partial charge in [-0.1, -0.05) is 6.58 Å². The van der Waals surface area contributed by atoms with Crippen LogP contribution < -0.4 is 0 Å². The van der Waals surface area contributed by atoms with Crippen molar-refractivity contribution in [2.24, 2.45) is 35.5 Å². The van der Waals surface area contributed by atoms with Gasteiger partial charge in [0.2, 0.25) is 0 Å². The fraction of sp³-hybridized carbons (Fsp3) is 0.750. The first kappa shape index (κ1) is 18.2. The van der Waals surface area contributed by atoms with Crippen LogP contribution in [0.25, 0.3) is 0 Å². The number of hydrogen-bond acceptors (Lipinski definition) is 5. The molecule has 25 heavy (non-hydrogen) atoms. The molecule has 5 heteroatoms. The number of esters is 2. The lowest BCUT2D eigenvalue weighted by Crippen LogP contribution is -2.28. The summed E-state index contributed by atoms with van der Waals surface area (Å²) < 4.78 is 10.7. The molecule has 0 spiro atoms. The van der Waals surface area contributed by atoms with E-state index in [4.69, 9.17) is 9.47 Å². The Labute approximate surface area is 149 Å². The lowest BCUT2D eigenvalue weighted by atomic mass is 9.76. The van der Waals surface area contributed by atoms with Crippen molar-refractivity contribution in [1.82, 2.24) is 0 Å². The van der Waals surface area contributed by atoms with Gasteiger partial charge in [-0.25, -0.2) is 4.79 Å². The van der Waals surface area contributed by atoms with Crippen LogP contribution in [0.3, 0.4) is 0 Å². The van der Waals surface area contributed by atoms with E-state index in [-0.39, 0.29) is 18.2 Å². The quantitative estimate of drug-likeness (QED) is 0.402. The van der Waals surface area contributed by atoms with Crippen molar-refractivity contribution < 1.29 is 23.9 Å². The molecule has 3 rings (SSSR count). The largest absolute Gasteiger partial charge is 0.465 e. The Morgan fingerprint density at radius 3 is 2.32 bits per heavy atom. The molecule has 0 N–H and O–H groups in total. The highest BCUT2D eigenvalue weighted by molar-refractivity contribution is 5.94. The van der Waals surface area contributed by atoms with Crippen LogP contribution in [-0.4, -0.2) is 30.9 Å². The molecular weight excluding hydrogens is 320 g/mol. The first-order valence-corrected chi connectivity index (χ1v) is 9.32. The number of ether oxygens (including phenoxy) is 2. The zero-order valence-corrected chi connectivity index (χ0v) is 15.2.